The highest BCUT2D eigenvalue weighted by Crippen LogP contribution is 2.24. The van der Waals surface area contributed by atoms with Crippen molar-refractivity contribution in [2.45, 2.75) is 0 Å². The Morgan fingerprint density at radius 1 is 1.33 bits per heavy atom. The van der Waals surface area contributed by atoms with Crippen molar-refractivity contribution in [3.8, 4) is 0 Å². The second-order valence-electron chi connectivity index (χ2n) is 5.33. The van der Waals surface area contributed by atoms with Gasteiger partial charge in [0.15, 0.2) is 0 Å². The minimum absolute atomic E-state index is 0.157. The second kappa shape index (κ2) is 5.95. The average molecular weight is 324 g/mol. The summed E-state index contributed by atoms with van der Waals surface area (Å²) >= 11 is 0. The number of H-pyrrole nitrogens is 1. The zero-order valence-electron chi connectivity index (χ0n) is 13.2. The molecule has 0 spiro atoms. The maximum atomic E-state index is 12.1. The van der Waals surface area contributed by atoms with Crippen molar-refractivity contribution in [1.82, 2.24) is 24.8 Å². The van der Waals surface area contributed by atoms with Gasteiger partial charge in [-0.05, 0) is 12.1 Å². The van der Waals surface area contributed by atoms with Crippen LogP contribution in [0.2, 0.25) is 0 Å². The maximum Gasteiger partial charge on any atom is 0.269 e. The summed E-state index contributed by atoms with van der Waals surface area (Å²) in [5, 5.41) is 11.1. The summed E-state index contributed by atoms with van der Waals surface area (Å²) in [5.41, 5.74) is 7.67. The van der Waals surface area contributed by atoms with Gasteiger partial charge in [0.05, 0.1) is 17.3 Å². The number of amides is 1. The number of nitrogens with one attached hydrogen (secondary N) is 3. The fourth-order valence-corrected chi connectivity index (χ4v) is 2.19. The van der Waals surface area contributed by atoms with Crippen LogP contribution in [-0.4, -0.2) is 51.1 Å². The van der Waals surface area contributed by atoms with Gasteiger partial charge in [0, 0.05) is 25.9 Å². The molecule has 122 valence electrons. The van der Waals surface area contributed by atoms with Gasteiger partial charge in [-0.3, -0.25) is 4.79 Å². The van der Waals surface area contributed by atoms with Crippen molar-refractivity contribution in [3.05, 3.63) is 35.9 Å². The lowest BCUT2D eigenvalue weighted by Crippen LogP contribution is -2.21. The predicted molar refractivity (Wildman–Crippen MR) is 91.7 cm³/mol. The van der Waals surface area contributed by atoms with E-state index in [0.29, 0.717) is 39.6 Å². The first-order valence-electron chi connectivity index (χ1n) is 7.08. The van der Waals surface area contributed by atoms with Crippen LogP contribution in [0.25, 0.3) is 11.0 Å². The SMILES string of the molecule is CN(C)C(=O)c1cc2c(Nc3cc(C=N)c(N)cn3)ncnc2[nH]1. The topological polar surface area (TPSA) is 137 Å². The molecule has 9 heteroatoms. The Kier molecular flexibility index (Phi) is 3.82. The number of rotatable bonds is 4. The Hall–Kier alpha value is -3.49. The summed E-state index contributed by atoms with van der Waals surface area (Å²) in [5.74, 6) is 0.835. The van der Waals surface area contributed by atoms with Crippen LogP contribution in [-0.2, 0) is 0 Å². The normalized spacial score (nSPS) is 10.6. The number of pyridine rings is 1. The first kappa shape index (κ1) is 15.4. The van der Waals surface area contributed by atoms with Crippen molar-refractivity contribution in [3.63, 3.8) is 0 Å². The average Bonchev–Trinajstić information content (AvgIpc) is 3.01. The predicted octanol–water partition coefficient (Wildman–Crippen LogP) is 1.38. The van der Waals surface area contributed by atoms with Crippen molar-refractivity contribution in [1.29, 1.82) is 5.41 Å². The number of carbonyl (C=O) groups is 1. The van der Waals surface area contributed by atoms with Crippen LogP contribution in [0.5, 0.6) is 0 Å². The van der Waals surface area contributed by atoms with Crippen LogP contribution in [0.15, 0.2) is 24.7 Å². The van der Waals surface area contributed by atoms with Crippen molar-refractivity contribution >= 4 is 40.5 Å². The van der Waals surface area contributed by atoms with Crippen molar-refractivity contribution in [2.75, 3.05) is 25.1 Å². The molecule has 3 heterocycles. The molecule has 0 unspecified atom stereocenters. The van der Waals surface area contributed by atoms with Gasteiger partial charge in [-0.1, -0.05) is 0 Å². The molecule has 1 amide bonds. The Morgan fingerprint density at radius 2 is 2.12 bits per heavy atom. The highest BCUT2D eigenvalue weighted by molar-refractivity contribution is 6.00. The van der Waals surface area contributed by atoms with E-state index in [4.69, 9.17) is 11.1 Å². The molecule has 0 atom stereocenters. The number of aromatic amines is 1. The van der Waals surface area contributed by atoms with Crippen LogP contribution in [0.4, 0.5) is 17.3 Å². The molecule has 0 bridgehead atoms. The van der Waals surface area contributed by atoms with Crippen molar-refractivity contribution in [2.24, 2.45) is 0 Å². The summed E-state index contributed by atoms with van der Waals surface area (Å²) in [6.45, 7) is 0. The van der Waals surface area contributed by atoms with E-state index in [0.717, 1.165) is 6.21 Å². The molecular weight excluding hydrogens is 308 g/mol. The molecule has 0 aromatic carbocycles. The molecule has 3 aromatic rings. The number of nitrogen functional groups attached to an aromatic ring is 1. The van der Waals surface area contributed by atoms with E-state index in [1.165, 1.54) is 17.4 Å². The lowest BCUT2D eigenvalue weighted by atomic mass is 10.2. The number of hydrogen-bond acceptors (Lipinski definition) is 7. The quantitative estimate of drug-likeness (QED) is 0.535. The Labute approximate surface area is 137 Å². The molecule has 0 saturated carbocycles. The van der Waals surface area contributed by atoms with Gasteiger partial charge in [-0.25, -0.2) is 15.0 Å². The van der Waals surface area contributed by atoms with Gasteiger partial charge in [0.2, 0.25) is 0 Å². The third kappa shape index (κ3) is 2.74. The second-order valence-corrected chi connectivity index (χ2v) is 5.33. The fraction of sp³-hybridized carbons (Fsp3) is 0.133. The summed E-state index contributed by atoms with van der Waals surface area (Å²) in [6, 6.07) is 3.34. The maximum absolute atomic E-state index is 12.1. The zero-order chi connectivity index (χ0) is 17.3. The van der Waals surface area contributed by atoms with Crippen LogP contribution in [0.1, 0.15) is 16.1 Å². The molecule has 24 heavy (non-hydrogen) atoms. The van der Waals surface area contributed by atoms with E-state index < -0.39 is 0 Å². The molecule has 9 nitrogen and oxygen atoms in total. The van der Waals surface area contributed by atoms with E-state index in [1.807, 2.05) is 0 Å². The molecule has 5 N–H and O–H groups in total. The van der Waals surface area contributed by atoms with E-state index in [1.54, 1.807) is 26.2 Å². The van der Waals surface area contributed by atoms with Crippen LogP contribution < -0.4 is 11.1 Å². The monoisotopic (exact) mass is 324 g/mol. The van der Waals surface area contributed by atoms with Gasteiger partial charge in [0.1, 0.15) is 29.3 Å². The smallest absolute Gasteiger partial charge is 0.269 e. The molecule has 3 aromatic heterocycles. The first-order chi connectivity index (χ1) is 11.5. The van der Waals surface area contributed by atoms with Gasteiger partial charge < -0.3 is 26.3 Å². The van der Waals surface area contributed by atoms with E-state index >= 15 is 0 Å². The van der Waals surface area contributed by atoms with Gasteiger partial charge >= 0.3 is 0 Å². The standard InChI is InChI=1S/C15H16N8O/c1-23(2)15(24)11-4-9-13(21-11)19-7-20-14(9)22-12-3-8(5-16)10(17)6-18-12/h3-7,16H,17H2,1-2H3,(H2,18,19,20,21,22). The molecule has 3 rings (SSSR count). The van der Waals surface area contributed by atoms with Gasteiger partial charge in [0.25, 0.3) is 5.91 Å². The van der Waals surface area contributed by atoms with Crippen LogP contribution >= 0.6 is 0 Å². The summed E-state index contributed by atoms with van der Waals surface area (Å²) in [6.07, 6.45) is 4.01. The van der Waals surface area contributed by atoms with E-state index in [2.05, 4.69) is 25.3 Å². The minimum atomic E-state index is -0.157. The Bertz CT molecular complexity index is 930. The number of nitrogens with two attached hydrogens (primary N) is 1. The van der Waals surface area contributed by atoms with Crippen LogP contribution in [0.3, 0.4) is 0 Å². The zero-order valence-corrected chi connectivity index (χ0v) is 13.2. The Morgan fingerprint density at radius 3 is 2.83 bits per heavy atom. The number of fused-ring (bicyclic) bond motifs is 1. The molecule has 0 aliphatic heterocycles. The highest BCUT2D eigenvalue weighted by atomic mass is 16.2. The number of nitrogens with zero attached hydrogens (tertiary/aromatic N) is 4. The molecule has 0 aliphatic carbocycles. The molecule has 0 saturated heterocycles. The fourth-order valence-electron chi connectivity index (χ4n) is 2.19. The number of aromatic nitrogens is 4. The summed E-state index contributed by atoms with van der Waals surface area (Å²) in [7, 11) is 3.35. The minimum Gasteiger partial charge on any atom is -0.397 e. The van der Waals surface area contributed by atoms with E-state index in [9.17, 15) is 4.79 Å². The Balaban J connectivity index is 2.00. The molecule has 0 fully saturated rings. The largest absolute Gasteiger partial charge is 0.397 e. The molecular formula is C15H16N8O. The first-order valence-corrected chi connectivity index (χ1v) is 7.08. The number of anilines is 3. The molecule has 0 radical (unpaired) electrons. The molecule has 0 aliphatic rings. The third-order valence-electron chi connectivity index (χ3n) is 3.43. The summed E-state index contributed by atoms with van der Waals surface area (Å²) < 4.78 is 0. The third-order valence-corrected chi connectivity index (χ3v) is 3.43. The van der Waals surface area contributed by atoms with Crippen LogP contribution in [0, 0.1) is 5.41 Å². The lowest BCUT2D eigenvalue weighted by Gasteiger charge is -2.07. The van der Waals surface area contributed by atoms with Gasteiger partial charge in [-0.2, -0.15) is 0 Å². The summed E-state index contributed by atoms with van der Waals surface area (Å²) in [4.78, 5) is 29.0. The number of hydrogen-bond donors (Lipinski definition) is 4. The highest BCUT2D eigenvalue weighted by Gasteiger charge is 2.15. The van der Waals surface area contributed by atoms with Gasteiger partial charge in [-0.15, -0.1) is 0 Å². The lowest BCUT2D eigenvalue weighted by molar-refractivity contribution is 0.0823. The van der Waals surface area contributed by atoms with E-state index in [-0.39, 0.29) is 5.91 Å². The number of carbonyl (C=O) groups excluding carboxylic acids is 1. The van der Waals surface area contributed by atoms with Crippen molar-refractivity contribution < 1.29 is 4.79 Å².